The van der Waals surface area contributed by atoms with Crippen LogP contribution in [-0.2, 0) is 0 Å². The van der Waals surface area contributed by atoms with Crippen molar-refractivity contribution in [2.24, 2.45) is 5.73 Å². The predicted molar refractivity (Wildman–Crippen MR) is 86.6 cm³/mol. The first-order valence-electron chi connectivity index (χ1n) is 6.88. The summed E-state index contributed by atoms with van der Waals surface area (Å²) in [6.45, 7) is 0. The molecule has 0 saturated carbocycles. The van der Waals surface area contributed by atoms with Crippen LogP contribution in [0.5, 0.6) is 0 Å². The van der Waals surface area contributed by atoms with Crippen molar-refractivity contribution in [2.75, 3.05) is 0 Å². The molecule has 0 aliphatic carbocycles. The van der Waals surface area contributed by atoms with Gasteiger partial charge in [0.2, 0.25) is 4.96 Å². The van der Waals surface area contributed by atoms with Gasteiger partial charge in [-0.15, -0.1) is 0 Å². The lowest BCUT2D eigenvalue weighted by molar-refractivity contribution is 0.803. The van der Waals surface area contributed by atoms with Crippen LogP contribution in [0.1, 0.15) is 16.6 Å². The summed E-state index contributed by atoms with van der Waals surface area (Å²) in [5.41, 5.74) is 9.20. The summed E-state index contributed by atoms with van der Waals surface area (Å²) in [7, 11) is 0. The minimum atomic E-state index is -0.277. The Kier molecular flexibility index (Phi) is 3.17. The molecule has 0 aliphatic rings. The maximum absolute atomic E-state index is 6.26. The van der Waals surface area contributed by atoms with Gasteiger partial charge in [-0.3, -0.25) is 4.98 Å². The molecule has 0 spiro atoms. The Hall–Kier alpha value is -2.57. The van der Waals surface area contributed by atoms with Gasteiger partial charge in [-0.2, -0.15) is 5.10 Å². The zero-order valence-corrected chi connectivity index (χ0v) is 12.4. The van der Waals surface area contributed by atoms with Crippen molar-refractivity contribution in [2.45, 2.75) is 6.04 Å². The summed E-state index contributed by atoms with van der Waals surface area (Å²) in [5, 5.41) is 5.38. The summed E-state index contributed by atoms with van der Waals surface area (Å²) in [6, 6.07) is 13.6. The van der Waals surface area contributed by atoms with Crippen molar-refractivity contribution in [1.82, 2.24) is 19.6 Å². The Bertz CT molecular complexity index is 867. The Labute approximate surface area is 131 Å². The molecule has 108 valence electrons. The molecule has 1 unspecified atom stereocenters. The molecular weight excluding hydrogens is 294 g/mol. The highest BCUT2D eigenvalue weighted by Gasteiger charge is 2.16. The van der Waals surface area contributed by atoms with E-state index in [1.54, 1.807) is 16.9 Å². The van der Waals surface area contributed by atoms with E-state index in [1.165, 1.54) is 11.3 Å². The standard InChI is InChI=1S/C16H13N5S/c17-14(12-7-4-8-18-9-12)15-20-21-10-13(19-16(21)22-15)11-5-2-1-3-6-11/h1-10,14H,17H2. The molecule has 22 heavy (non-hydrogen) atoms. The quantitative estimate of drug-likeness (QED) is 0.632. The van der Waals surface area contributed by atoms with Crippen molar-refractivity contribution < 1.29 is 0 Å². The van der Waals surface area contributed by atoms with E-state index in [-0.39, 0.29) is 6.04 Å². The summed E-state index contributed by atoms with van der Waals surface area (Å²) in [6.07, 6.45) is 5.43. The zero-order chi connectivity index (χ0) is 14.9. The minimum absolute atomic E-state index is 0.277. The van der Waals surface area contributed by atoms with Crippen LogP contribution in [0, 0.1) is 0 Å². The number of nitrogens with two attached hydrogens (primary N) is 1. The number of imidazole rings is 1. The zero-order valence-electron chi connectivity index (χ0n) is 11.6. The minimum Gasteiger partial charge on any atom is -0.318 e. The van der Waals surface area contributed by atoms with Crippen LogP contribution in [0.3, 0.4) is 0 Å². The lowest BCUT2D eigenvalue weighted by Gasteiger charge is -2.06. The smallest absolute Gasteiger partial charge is 0.212 e. The van der Waals surface area contributed by atoms with Crippen LogP contribution in [0.25, 0.3) is 16.2 Å². The molecule has 1 atom stereocenters. The van der Waals surface area contributed by atoms with Gasteiger partial charge in [0.05, 0.1) is 17.9 Å². The van der Waals surface area contributed by atoms with E-state index < -0.39 is 0 Å². The molecule has 4 aromatic rings. The fraction of sp³-hybridized carbons (Fsp3) is 0.0625. The number of nitrogens with zero attached hydrogens (tertiary/aromatic N) is 4. The first-order chi connectivity index (χ1) is 10.8. The van der Waals surface area contributed by atoms with Gasteiger partial charge in [0, 0.05) is 18.0 Å². The second-order valence-corrected chi connectivity index (χ2v) is 5.91. The van der Waals surface area contributed by atoms with E-state index in [0.29, 0.717) is 0 Å². The molecule has 2 N–H and O–H groups in total. The highest BCUT2D eigenvalue weighted by molar-refractivity contribution is 7.16. The maximum Gasteiger partial charge on any atom is 0.212 e. The monoisotopic (exact) mass is 307 g/mol. The van der Waals surface area contributed by atoms with Gasteiger partial charge in [0.25, 0.3) is 0 Å². The predicted octanol–water partition coefficient (Wildman–Crippen LogP) is 2.90. The van der Waals surface area contributed by atoms with Crippen molar-refractivity contribution >= 4 is 16.3 Å². The van der Waals surface area contributed by atoms with Gasteiger partial charge in [0.15, 0.2) is 0 Å². The average molecular weight is 307 g/mol. The topological polar surface area (TPSA) is 69.1 Å². The second kappa shape index (κ2) is 5.32. The number of hydrogen-bond donors (Lipinski definition) is 1. The molecule has 6 heteroatoms. The van der Waals surface area contributed by atoms with Gasteiger partial charge in [-0.25, -0.2) is 9.50 Å². The number of hydrogen-bond acceptors (Lipinski definition) is 5. The van der Waals surface area contributed by atoms with E-state index in [1.807, 2.05) is 48.7 Å². The van der Waals surface area contributed by atoms with E-state index >= 15 is 0 Å². The lowest BCUT2D eigenvalue weighted by atomic mass is 10.1. The number of rotatable bonds is 3. The third-order valence-electron chi connectivity index (χ3n) is 3.44. The molecule has 3 aromatic heterocycles. The van der Waals surface area contributed by atoms with Crippen LogP contribution in [0.15, 0.2) is 61.1 Å². The average Bonchev–Trinajstić information content (AvgIpc) is 3.15. The van der Waals surface area contributed by atoms with Crippen LogP contribution < -0.4 is 5.73 Å². The van der Waals surface area contributed by atoms with Crippen LogP contribution in [0.2, 0.25) is 0 Å². The van der Waals surface area contributed by atoms with E-state index in [0.717, 1.165) is 26.8 Å². The molecule has 4 rings (SSSR count). The van der Waals surface area contributed by atoms with Crippen molar-refractivity contribution in [3.63, 3.8) is 0 Å². The summed E-state index contributed by atoms with van der Waals surface area (Å²) in [4.78, 5) is 9.57. The van der Waals surface area contributed by atoms with Gasteiger partial charge in [-0.1, -0.05) is 47.7 Å². The van der Waals surface area contributed by atoms with Crippen LogP contribution >= 0.6 is 11.3 Å². The molecule has 0 radical (unpaired) electrons. The van der Waals surface area contributed by atoms with E-state index in [2.05, 4.69) is 15.1 Å². The van der Waals surface area contributed by atoms with Crippen molar-refractivity contribution in [3.05, 3.63) is 71.6 Å². The second-order valence-electron chi connectivity index (χ2n) is 4.92. The Balaban J connectivity index is 1.70. The summed E-state index contributed by atoms with van der Waals surface area (Å²) in [5.74, 6) is 0. The van der Waals surface area contributed by atoms with Crippen molar-refractivity contribution in [1.29, 1.82) is 0 Å². The molecule has 1 aromatic carbocycles. The number of pyridine rings is 1. The third-order valence-corrected chi connectivity index (χ3v) is 4.44. The largest absolute Gasteiger partial charge is 0.318 e. The molecule has 5 nitrogen and oxygen atoms in total. The Morgan fingerprint density at radius 3 is 2.68 bits per heavy atom. The number of benzene rings is 1. The molecule has 0 fully saturated rings. The van der Waals surface area contributed by atoms with Gasteiger partial charge in [-0.05, 0) is 11.6 Å². The molecule has 3 heterocycles. The molecule has 0 aliphatic heterocycles. The fourth-order valence-electron chi connectivity index (χ4n) is 2.29. The van der Waals surface area contributed by atoms with Crippen LogP contribution in [-0.4, -0.2) is 19.6 Å². The highest BCUT2D eigenvalue weighted by atomic mass is 32.1. The van der Waals surface area contributed by atoms with Crippen molar-refractivity contribution in [3.8, 4) is 11.3 Å². The van der Waals surface area contributed by atoms with E-state index in [4.69, 9.17) is 5.73 Å². The molecule has 0 amide bonds. The summed E-state index contributed by atoms with van der Waals surface area (Å²) >= 11 is 1.50. The van der Waals surface area contributed by atoms with Crippen LogP contribution in [0.4, 0.5) is 0 Å². The number of fused-ring (bicyclic) bond motifs is 1. The fourth-order valence-corrected chi connectivity index (χ4v) is 3.20. The SMILES string of the molecule is NC(c1cccnc1)c1nn2cc(-c3ccccc3)nc2s1. The highest BCUT2D eigenvalue weighted by Crippen LogP contribution is 2.26. The Morgan fingerprint density at radius 1 is 1.09 bits per heavy atom. The van der Waals surface area contributed by atoms with Gasteiger partial charge in [0.1, 0.15) is 5.01 Å². The summed E-state index contributed by atoms with van der Waals surface area (Å²) < 4.78 is 1.79. The number of aromatic nitrogens is 4. The van der Waals surface area contributed by atoms with E-state index in [9.17, 15) is 0 Å². The third kappa shape index (κ3) is 2.28. The van der Waals surface area contributed by atoms with Gasteiger partial charge < -0.3 is 5.73 Å². The molecule has 0 saturated heterocycles. The molecule has 0 bridgehead atoms. The van der Waals surface area contributed by atoms with Gasteiger partial charge >= 0.3 is 0 Å². The Morgan fingerprint density at radius 2 is 1.95 bits per heavy atom. The first kappa shape index (κ1) is 13.1. The first-order valence-corrected chi connectivity index (χ1v) is 7.70. The maximum atomic E-state index is 6.26. The normalized spacial score (nSPS) is 12.6. The molecular formula is C16H13N5S. The lowest BCUT2D eigenvalue weighted by Crippen LogP contribution is -2.12.